The first-order valence-electron chi connectivity index (χ1n) is 8.42. The number of aryl methyl sites for hydroxylation is 1. The Morgan fingerprint density at radius 3 is 2.78 bits per heavy atom. The quantitative estimate of drug-likeness (QED) is 0.720. The number of nitrogens with one attached hydrogen (secondary N) is 1. The van der Waals surface area contributed by atoms with Gasteiger partial charge in [0.05, 0.1) is 12.3 Å². The SMILES string of the molecule is Cc1cc(Cl)cc(Cl)c1CNC(=O)C1(F)CCC(O)(CO)c2ncccc21. The van der Waals surface area contributed by atoms with E-state index < -0.39 is 23.8 Å². The third-order valence-electron chi connectivity index (χ3n) is 4.99. The molecule has 2 unspecified atom stereocenters. The third kappa shape index (κ3) is 3.55. The number of rotatable bonds is 4. The molecule has 5 nitrogen and oxygen atoms in total. The van der Waals surface area contributed by atoms with Crippen LogP contribution in [0.25, 0.3) is 0 Å². The summed E-state index contributed by atoms with van der Waals surface area (Å²) >= 11 is 12.1. The van der Waals surface area contributed by atoms with Crippen molar-refractivity contribution in [1.82, 2.24) is 10.3 Å². The topological polar surface area (TPSA) is 82.5 Å². The van der Waals surface area contributed by atoms with Gasteiger partial charge in [-0.05, 0) is 49.1 Å². The molecule has 8 heteroatoms. The average molecular weight is 413 g/mol. The molecule has 0 fully saturated rings. The van der Waals surface area contributed by atoms with Crippen molar-refractivity contribution < 1.29 is 19.4 Å². The molecule has 3 rings (SSSR count). The zero-order chi connectivity index (χ0) is 19.8. The van der Waals surface area contributed by atoms with Crippen LogP contribution in [-0.4, -0.2) is 27.7 Å². The molecule has 27 heavy (non-hydrogen) atoms. The standard InChI is InChI=1S/C19H19Cl2FN2O3/c1-11-7-12(20)8-15(21)13(11)9-24-17(26)19(22)5-4-18(27,10-25)16-14(19)3-2-6-23-16/h2-3,6-8,25,27H,4-5,9-10H2,1H3,(H,24,26). The fraction of sp³-hybridized carbons (Fsp3) is 0.368. The van der Waals surface area contributed by atoms with Crippen LogP contribution in [-0.2, 0) is 22.6 Å². The fourth-order valence-corrected chi connectivity index (χ4v) is 4.04. The molecular weight excluding hydrogens is 394 g/mol. The van der Waals surface area contributed by atoms with E-state index in [0.717, 1.165) is 5.56 Å². The van der Waals surface area contributed by atoms with E-state index in [1.165, 1.54) is 18.3 Å². The van der Waals surface area contributed by atoms with Gasteiger partial charge in [0.15, 0.2) is 0 Å². The molecule has 1 aromatic heterocycles. The number of nitrogens with zero attached hydrogens (tertiary/aromatic N) is 1. The summed E-state index contributed by atoms with van der Waals surface area (Å²) in [5, 5.41) is 23.5. The molecule has 0 aliphatic heterocycles. The van der Waals surface area contributed by atoms with Crippen molar-refractivity contribution in [1.29, 1.82) is 0 Å². The smallest absolute Gasteiger partial charge is 0.262 e. The van der Waals surface area contributed by atoms with E-state index in [1.54, 1.807) is 19.1 Å². The first-order valence-corrected chi connectivity index (χ1v) is 9.18. The Kier molecular flexibility index (Phi) is 5.45. The van der Waals surface area contributed by atoms with E-state index in [1.807, 2.05) is 0 Å². The monoisotopic (exact) mass is 412 g/mol. The molecule has 3 N–H and O–H groups in total. The summed E-state index contributed by atoms with van der Waals surface area (Å²) in [6, 6.07) is 6.16. The Morgan fingerprint density at radius 2 is 2.11 bits per heavy atom. The van der Waals surface area contributed by atoms with Gasteiger partial charge in [-0.15, -0.1) is 0 Å². The lowest BCUT2D eigenvalue weighted by molar-refractivity contribution is -0.138. The minimum atomic E-state index is -2.36. The van der Waals surface area contributed by atoms with E-state index in [4.69, 9.17) is 23.2 Å². The number of carbonyl (C=O) groups excluding carboxylic acids is 1. The van der Waals surface area contributed by atoms with Gasteiger partial charge >= 0.3 is 0 Å². The molecule has 2 aromatic rings. The van der Waals surface area contributed by atoms with Gasteiger partial charge in [0.2, 0.25) is 5.67 Å². The maximum atomic E-state index is 15.7. The van der Waals surface area contributed by atoms with Gasteiger partial charge in [-0.3, -0.25) is 9.78 Å². The lowest BCUT2D eigenvalue weighted by atomic mass is 9.74. The van der Waals surface area contributed by atoms with Crippen LogP contribution in [0.4, 0.5) is 4.39 Å². The summed E-state index contributed by atoms with van der Waals surface area (Å²) in [5.74, 6) is -0.845. The highest BCUT2D eigenvalue weighted by molar-refractivity contribution is 6.35. The normalized spacial score (nSPS) is 24.4. The molecule has 0 saturated heterocycles. The van der Waals surface area contributed by atoms with Crippen LogP contribution in [0, 0.1) is 6.92 Å². The number of benzene rings is 1. The fourth-order valence-electron chi connectivity index (χ4n) is 3.38. The van der Waals surface area contributed by atoms with Crippen LogP contribution >= 0.6 is 23.2 Å². The largest absolute Gasteiger partial charge is 0.393 e. The molecule has 0 bridgehead atoms. The zero-order valence-electron chi connectivity index (χ0n) is 14.6. The first kappa shape index (κ1) is 20.0. The molecule has 1 aliphatic carbocycles. The number of hydrogen-bond acceptors (Lipinski definition) is 4. The van der Waals surface area contributed by atoms with Crippen LogP contribution in [0.15, 0.2) is 30.5 Å². The van der Waals surface area contributed by atoms with Crippen molar-refractivity contribution in [2.24, 2.45) is 0 Å². The molecule has 0 saturated carbocycles. The summed E-state index contributed by atoms with van der Waals surface area (Å²) in [5.41, 5.74) is -2.66. The molecule has 2 atom stereocenters. The highest BCUT2D eigenvalue weighted by atomic mass is 35.5. The molecule has 1 aliphatic rings. The average Bonchev–Trinajstić information content (AvgIpc) is 2.64. The van der Waals surface area contributed by atoms with E-state index in [-0.39, 0.29) is 30.6 Å². The molecule has 1 heterocycles. The van der Waals surface area contributed by atoms with Crippen molar-refractivity contribution in [2.75, 3.05) is 6.61 Å². The number of alkyl halides is 1. The zero-order valence-corrected chi connectivity index (χ0v) is 16.1. The Labute approximate surface area is 166 Å². The van der Waals surface area contributed by atoms with Crippen LogP contribution < -0.4 is 5.32 Å². The minimum Gasteiger partial charge on any atom is -0.393 e. The first-order chi connectivity index (χ1) is 12.7. The number of carbonyl (C=O) groups is 1. The Bertz CT molecular complexity index is 872. The number of fused-ring (bicyclic) bond motifs is 1. The molecule has 1 amide bonds. The highest BCUT2D eigenvalue weighted by Crippen LogP contribution is 2.45. The van der Waals surface area contributed by atoms with Crippen LogP contribution in [0.2, 0.25) is 10.0 Å². The number of aliphatic hydroxyl groups is 2. The van der Waals surface area contributed by atoms with Gasteiger partial charge in [0, 0.05) is 28.4 Å². The van der Waals surface area contributed by atoms with E-state index in [9.17, 15) is 15.0 Å². The molecule has 144 valence electrons. The van der Waals surface area contributed by atoms with Crippen molar-refractivity contribution in [3.8, 4) is 0 Å². The van der Waals surface area contributed by atoms with Gasteiger partial charge in [0.1, 0.15) is 5.60 Å². The maximum absolute atomic E-state index is 15.7. The van der Waals surface area contributed by atoms with Gasteiger partial charge in [-0.2, -0.15) is 0 Å². The van der Waals surface area contributed by atoms with Gasteiger partial charge in [-0.1, -0.05) is 29.3 Å². The molecule has 0 radical (unpaired) electrons. The van der Waals surface area contributed by atoms with Gasteiger partial charge in [-0.25, -0.2) is 4.39 Å². The van der Waals surface area contributed by atoms with E-state index in [0.29, 0.717) is 15.6 Å². The minimum absolute atomic E-state index is 0.0166. The number of halogens is 3. The number of hydrogen-bond donors (Lipinski definition) is 3. The maximum Gasteiger partial charge on any atom is 0.262 e. The van der Waals surface area contributed by atoms with Crippen LogP contribution in [0.1, 0.15) is 35.2 Å². The van der Waals surface area contributed by atoms with E-state index in [2.05, 4.69) is 10.3 Å². The van der Waals surface area contributed by atoms with Crippen LogP contribution in [0.3, 0.4) is 0 Å². The highest BCUT2D eigenvalue weighted by Gasteiger charge is 2.51. The molecule has 0 spiro atoms. The number of aromatic nitrogens is 1. The Hall–Kier alpha value is -1.73. The number of pyridine rings is 1. The lowest BCUT2D eigenvalue weighted by Gasteiger charge is -2.38. The van der Waals surface area contributed by atoms with Gasteiger partial charge in [0.25, 0.3) is 5.91 Å². The summed E-state index contributed by atoms with van der Waals surface area (Å²) in [6.07, 6.45) is 0.986. The molecule has 1 aromatic carbocycles. The Balaban J connectivity index is 1.88. The number of amides is 1. The van der Waals surface area contributed by atoms with Gasteiger partial charge < -0.3 is 15.5 Å². The number of aliphatic hydroxyl groups excluding tert-OH is 1. The van der Waals surface area contributed by atoms with Crippen molar-refractivity contribution in [2.45, 2.75) is 37.6 Å². The predicted molar refractivity (Wildman–Crippen MR) is 100 cm³/mol. The Morgan fingerprint density at radius 1 is 1.37 bits per heavy atom. The summed E-state index contributed by atoms with van der Waals surface area (Å²) in [7, 11) is 0. The predicted octanol–water partition coefficient (Wildman–Crippen LogP) is 3.15. The summed E-state index contributed by atoms with van der Waals surface area (Å²) in [6.45, 7) is 1.23. The van der Waals surface area contributed by atoms with E-state index >= 15 is 4.39 Å². The summed E-state index contributed by atoms with van der Waals surface area (Å²) < 4.78 is 15.7. The second kappa shape index (κ2) is 7.36. The summed E-state index contributed by atoms with van der Waals surface area (Å²) in [4.78, 5) is 16.7. The van der Waals surface area contributed by atoms with Crippen LogP contribution in [0.5, 0.6) is 0 Å². The lowest BCUT2D eigenvalue weighted by Crippen LogP contribution is -2.49. The third-order valence-corrected chi connectivity index (χ3v) is 5.54. The second-order valence-corrected chi connectivity index (χ2v) is 7.60. The second-order valence-electron chi connectivity index (χ2n) is 6.76. The molecular formula is C19H19Cl2FN2O3. The van der Waals surface area contributed by atoms with Crippen molar-refractivity contribution >= 4 is 29.1 Å². The van der Waals surface area contributed by atoms with Crippen molar-refractivity contribution in [3.63, 3.8) is 0 Å². The van der Waals surface area contributed by atoms with Crippen molar-refractivity contribution in [3.05, 3.63) is 62.9 Å².